The Kier molecular flexibility index (Phi) is 7.62. The first-order valence-electron chi connectivity index (χ1n) is 14.3. The molecule has 0 saturated carbocycles. The molecule has 0 amide bonds. The Morgan fingerprint density at radius 3 is 2.49 bits per heavy atom. The van der Waals surface area contributed by atoms with Crippen LogP contribution >= 0.6 is 0 Å². The molecule has 214 valence electrons. The smallest absolute Gasteiger partial charge is 0.153 e. The number of piperidine rings is 2. The van der Waals surface area contributed by atoms with Gasteiger partial charge in [-0.15, -0.1) is 0 Å². The van der Waals surface area contributed by atoms with Crippen molar-refractivity contribution in [2.24, 2.45) is 11.8 Å². The van der Waals surface area contributed by atoms with Crippen molar-refractivity contribution in [1.82, 2.24) is 20.7 Å². The number of rotatable bonds is 6. The highest BCUT2D eigenvalue weighted by Crippen LogP contribution is 2.51. The molecule has 4 aliphatic rings. The van der Waals surface area contributed by atoms with Crippen LogP contribution in [0.1, 0.15) is 53.8 Å². The van der Waals surface area contributed by atoms with Gasteiger partial charge in [0.05, 0.1) is 10.9 Å². The molecule has 2 N–H and O–H groups in total. The summed E-state index contributed by atoms with van der Waals surface area (Å²) >= 11 is 0. The maximum Gasteiger partial charge on any atom is 0.153 e. The van der Waals surface area contributed by atoms with Crippen molar-refractivity contribution in [1.29, 1.82) is 0 Å². The maximum atomic E-state index is 13.4. The van der Waals surface area contributed by atoms with Gasteiger partial charge in [-0.3, -0.25) is 10.2 Å². The molecule has 1 aromatic heterocycles. The second-order valence-electron chi connectivity index (χ2n) is 11.9. The summed E-state index contributed by atoms with van der Waals surface area (Å²) in [5.74, 6) is 1.47. The van der Waals surface area contributed by atoms with Crippen LogP contribution in [-0.2, 0) is 19.3 Å². The van der Waals surface area contributed by atoms with Gasteiger partial charge in [-0.05, 0) is 44.6 Å². The minimum absolute atomic E-state index is 0.00912. The number of hydrogen-bond donors (Lipinski definition) is 2. The fourth-order valence-corrected chi connectivity index (χ4v) is 9.49. The first kappa shape index (κ1) is 27.4. The number of nitrogens with zero attached hydrogens (tertiary/aromatic N) is 2. The van der Waals surface area contributed by atoms with Gasteiger partial charge >= 0.3 is 0 Å². The first-order chi connectivity index (χ1) is 18.8. The summed E-state index contributed by atoms with van der Waals surface area (Å²) in [5.41, 5.74) is 3.37. The van der Waals surface area contributed by atoms with E-state index in [4.69, 9.17) is 14.0 Å². The molecule has 0 radical (unpaired) electrons. The van der Waals surface area contributed by atoms with Crippen LogP contribution in [0.3, 0.4) is 0 Å². The highest BCUT2D eigenvalue weighted by molar-refractivity contribution is 7.91. The van der Waals surface area contributed by atoms with Gasteiger partial charge in [0.25, 0.3) is 0 Å². The van der Waals surface area contributed by atoms with Gasteiger partial charge in [0, 0.05) is 81.2 Å². The molecular formula is C29H42N4O5S. The van der Waals surface area contributed by atoms with E-state index in [-0.39, 0.29) is 42.2 Å². The van der Waals surface area contributed by atoms with Gasteiger partial charge in [0.2, 0.25) is 0 Å². The zero-order chi connectivity index (χ0) is 27.3. The Hall–Kier alpha value is -1.82. The van der Waals surface area contributed by atoms with Crippen LogP contribution in [0.4, 0.5) is 0 Å². The number of likely N-dealkylation sites (tertiary alicyclic amines) is 1. The lowest BCUT2D eigenvalue weighted by atomic mass is 9.80. The Morgan fingerprint density at radius 2 is 1.85 bits per heavy atom. The van der Waals surface area contributed by atoms with Crippen LogP contribution in [0.2, 0.25) is 0 Å². The molecule has 4 aliphatic heterocycles. The SMILES string of the molecule is COC1NCC(S(C)(=O)=O)C2C1C1NCC(c3c(C)noc3C)CC1N2[C@H](c1ccccc1)C1CCOCC1. The lowest BCUT2D eigenvalue weighted by molar-refractivity contribution is -0.0343. The fourth-order valence-electron chi connectivity index (χ4n) is 8.26. The normalized spacial score (nSPS) is 34.9. The minimum Gasteiger partial charge on any atom is -0.381 e. The van der Waals surface area contributed by atoms with Gasteiger partial charge < -0.3 is 19.3 Å². The molecule has 2 aromatic rings. The van der Waals surface area contributed by atoms with Gasteiger partial charge in [-0.1, -0.05) is 35.5 Å². The van der Waals surface area contributed by atoms with E-state index >= 15 is 0 Å². The number of sulfone groups is 1. The van der Waals surface area contributed by atoms with Gasteiger partial charge in [-0.25, -0.2) is 8.42 Å². The van der Waals surface area contributed by atoms with Crippen molar-refractivity contribution in [3.05, 3.63) is 52.9 Å². The first-order valence-corrected chi connectivity index (χ1v) is 16.3. The molecule has 7 unspecified atom stereocenters. The van der Waals surface area contributed by atoms with Crippen molar-refractivity contribution < 1.29 is 22.4 Å². The molecule has 4 fully saturated rings. The Morgan fingerprint density at radius 1 is 1.10 bits per heavy atom. The zero-order valence-electron chi connectivity index (χ0n) is 23.4. The van der Waals surface area contributed by atoms with Crippen molar-refractivity contribution in [2.75, 3.05) is 39.7 Å². The van der Waals surface area contributed by atoms with Gasteiger partial charge in [0.15, 0.2) is 9.84 Å². The predicted molar refractivity (Wildman–Crippen MR) is 148 cm³/mol. The fraction of sp³-hybridized carbons (Fsp3) is 0.690. The Balaban J connectivity index is 1.49. The number of hydrogen-bond acceptors (Lipinski definition) is 9. The molecular weight excluding hydrogens is 516 g/mol. The standard InChI is InChI=1S/C29H42N4O5S/c1-17-24(18(2)38-32-17)21-14-22-26(30-15-21)25-28(23(39(4,34)35)16-31-29(25)36-3)33(22)27(19-8-6-5-7-9-19)20-10-12-37-13-11-20/h5-9,20-23,25-31H,10-16H2,1-4H3/t21?,22?,23?,25?,26?,27-,28?,29?/m1/s1. The quantitative estimate of drug-likeness (QED) is 0.553. The lowest BCUT2D eigenvalue weighted by Crippen LogP contribution is -2.63. The molecule has 1 aromatic carbocycles. The molecule has 10 heteroatoms. The molecule has 5 heterocycles. The number of aromatic nitrogens is 1. The van der Waals surface area contributed by atoms with Crippen LogP contribution < -0.4 is 10.6 Å². The third kappa shape index (κ3) is 4.87. The second-order valence-corrected chi connectivity index (χ2v) is 14.2. The van der Waals surface area contributed by atoms with Crippen molar-refractivity contribution in [3.63, 3.8) is 0 Å². The predicted octanol–water partition coefficient (Wildman–Crippen LogP) is 2.56. The maximum absolute atomic E-state index is 13.4. The summed E-state index contributed by atoms with van der Waals surface area (Å²) in [7, 11) is -1.61. The van der Waals surface area contributed by atoms with Crippen molar-refractivity contribution in [3.8, 4) is 0 Å². The highest BCUT2D eigenvalue weighted by atomic mass is 32.2. The minimum atomic E-state index is -3.34. The molecule has 9 nitrogen and oxygen atoms in total. The Labute approximate surface area is 231 Å². The van der Waals surface area contributed by atoms with E-state index < -0.39 is 15.1 Å². The third-order valence-corrected chi connectivity index (χ3v) is 11.3. The van der Waals surface area contributed by atoms with Crippen LogP contribution in [0, 0.1) is 25.7 Å². The number of benzene rings is 1. The Bertz CT molecular complexity index is 1230. The molecule has 0 spiro atoms. The number of aryl methyl sites for hydroxylation is 2. The molecule has 39 heavy (non-hydrogen) atoms. The van der Waals surface area contributed by atoms with Crippen LogP contribution in [-0.4, -0.2) is 87.7 Å². The van der Waals surface area contributed by atoms with E-state index in [1.54, 1.807) is 7.11 Å². The average molecular weight is 559 g/mol. The molecule has 4 saturated heterocycles. The summed E-state index contributed by atoms with van der Waals surface area (Å²) in [6.07, 6.45) is 4.00. The molecule has 6 rings (SSSR count). The molecule has 8 atom stereocenters. The van der Waals surface area contributed by atoms with E-state index in [2.05, 4.69) is 51.0 Å². The topological polar surface area (TPSA) is 106 Å². The van der Waals surface area contributed by atoms with E-state index in [1.807, 2.05) is 13.8 Å². The largest absolute Gasteiger partial charge is 0.381 e. The summed E-state index contributed by atoms with van der Waals surface area (Å²) < 4.78 is 44.1. The van der Waals surface area contributed by atoms with Gasteiger partial charge in [0.1, 0.15) is 12.0 Å². The molecule has 0 aliphatic carbocycles. The van der Waals surface area contributed by atoms with Crippen LogP contribution in [0.15, 0.2) is 34.9 Å². The zero-order valence-corrected chi connectivity index (χ0v) is 24.2. The summed E-state index contributed by atoms with van der Waals surface area (Å²) in [4.78, 5) is 2.62. The number of nitrogens with one attached hydrogen (secondary N) is 2. The summed E-state index contributed by atoms with van der Waals surface area (Å²) in [5, 5.41) is 11.1. The van der Waals surface area contributed by atoms with E-state index in [1.165, 1.54) is 17.4 Å². The van der Waals surface area contributed by atoms with Crippen LogP contribution in [0.25, 0.3) is 0 Å². The summed E-state index contributed by atoms with van der Waals surface area (Å²) in [6, 6.07) is 10.8. The van der Waals surface area contributed by atoms with E-state index in [0.717, 1.165) is 50.5 Å². The average Bonchev–Trinajstić information content (AvgIpc) is 3.45. The highest BCUT2D eigenvalue weighted by Gasteiger charge is 2.61. The summed E-state index contributed by atoms with van der Waals surface area (Å²) in [6.45, 7) is 6.67. The van der Waals surface area contributed by atoms with E-state index in [9.17, 15) is 8.42 Å². The third-order valence-electron chi connectivity index (χ3n) is 9.80. The lowest BCUT2D eigenvalue weighted by Gasteiger charge is -2.48. The second kappa shape index (κ2) is 10.9. The van der Waals surface area contributed by atoms with Crippen LogP contribution in [0.5, 0.6) is 0 Å². The molecule has 0 bridgehead atoms. The van der Waals surface area contributed by atoms with Crippen molar-refractivity contribution >= 4 is 9.84 Å². The van der Waals surface area contributed by atoms with Gasteiger partial charge in [-0.2, -0.15) is 0 Å². The monoisotopic (exact) mass is 558 g/mol. The number of fused-ring (bicyclic) bond motifs is 3. The number of ether oxygens (including phenoxy) is 2. The number of methoxy groups -OCH3 is 1. The van der Waals surface area contributed by atoms with E-state index in [0.29, 0.717) is 12.5 Å². The van der Waals surface area contributed by atoms with Crippen molar-refractivity contribution in [2.45, 2.75) is 74.7 Å².